The van der Waals surface area contributed by atoms with Gasteiger partial charge in [-0.15, -0.1) is 11.3 Å². The van der Waals surface area contributed by atoms with Crippen molar-refractivity contribution in [3.05, 3.63) is 76.7 Å². The van der Waals surface area contributed by atoms with Gasteiger partial charge in [-0.05, 0) is 73.2 Å². The first-order valence-electron chi connectivity index (χ1n) is 9.76. The van der Waals surface area contributed by atoms with Crippen molar-refractivity contribution in [2.75, 3.05) is 5.32 Å². The molecule has 0 spiro atoms. The minimum atomic E-state index is -0.241. The van der Waals surface area contributed by atoms with E-state index in [4.69, 9.17) is 4.74 Å². The molecule has 0 unspecified atom stereocenters. The number of nitrogens with zero attached hydrogens (tertiary/aromatic N) is 2. The number of aromatic nitrogens is 2. The zero-order chi connectivity index (χ0) is 19.6. The van der Waals surface area contributed by atoms with E-state index in [1.165, 1.54) is 40.8 Å². The smallest absolute Gasteiger partial charge is 0.142 e. The molecule has 0 atom stereocenters. The van der Waals surface area contributed by atoms with Crippen LogP contribution in [0.15, 0.2) is 54.9 Å². The molecule has 0 aliphatic heterocycles. The Kier molecular flexibility index (Phi) is 4.86. The SMILES string of the molecule is Fc1ccc(COc2ccc(Nc3ncnc4sc5c(c34)CCCC5)cc2)cc1. The Labute approximate surface area is 172 Å². The molecule has 0 saturated heterocycles. The number of aryl methyl sites for hydroxylation is 2. The number of halogens is 1. The van der Waals surface area contributed by atoms with Crippen LogP contribution in [0.3, 0.4) is 0 Å². The number of ether oxygens (including phenoxy) is 1. The number of benzene rings is 2. The maximum atomic E-state index is 13.0. The molecular formula is C23H20FN3OS. The number of fused-ring (bicyclic) bond motifs is 3. The van der Waals surface area contributed by atoms with E-state index in [0.717, 1.165) is 40.5 Å². The van der Waals surface area contributed by atoms with Gasteiger partial charge in [0.25, 0.3) is 0 Å². The van der Waals surface area contributed by atoms with Gasteiger partial charge in [-0.25, -0.2) is 14.4 Å². The summed E-state index contributed by atoms with van der Waals surface area (Å²) in [5.74, 6) is 1.39. The maximum absolute atomic E-state index is 13.0. The second kappa shape index (κ2) is 7.79. The van der Waals surface area contributed by atoms with E-state index >= 15 is 0 Å². The number of rotatable bonds is 5. The molecule has 1 aliphatic carbocycles. The molecule has 0 saturated carbocycles. The predicted octanol–water partition coefficient (Wildman–Crippen LogP) is 6.03. The highest BCUT2D eigenvalue weighted by atomic mass is 32.1. The van der Waals surface area contributed by atoms with Crippen LogP contribution < -0.4 is 10.1 Å². The second-order valence-electron chi connectivity index (χ2n) is 7.18. The van der Waals surface area contributed by atoms with Crippen molar-refractivity contribution >= 4 is 33.1 Å². The number of nitrogens with one attached hydrogen (secondary N) is 1. The largest absolute Gasteiger partial charge is 0.489 e. The number of anilines is 2. The fourth-order valence-corrected chi connectivity index (χ4v) is 4.93. The standard InChI is InChI=1S/C23H20FN3OS/c24-16-7-5-15(6-8-16)13-28-18-11-9-17(10-12-18)27-22-21-19-3-1-2-4-20(19)29-23(21)26-14-25-22/h5-12,14H,1-4,13H2,(H,25,26,27). The van der Waals surface area contributed by atoms with E-state index < -0.39 is 0 Å². The zero-order valence-corrected chi connectivity index (χ0v) is 16.6. The number of hydrogen-bond donors (Lipinski definition) is 1. The van der Waals surface area contributed by atoms with E-state index in [2.05, 4.69) is 15.3 Å². The molecule has 6 heteroatoms. The van der Waals surface area contributed by atoms with Gasteiger partial charge in [-0.3, -0.25) is 0 Å². The van der Waals surface area contributed by atoms with Gasteiger partial charge in [0.15, 0.2) is 0 Å². The summed E-state index contributed by atoms with van der Waals surface area (Å²) in [7, 11) is 0. The Morgan fingerprint density at radius 2 is 1.76 bits per heavy atom. The van der Waals surface area contributed by atoms with Crippen molar-refractivity contribution in [2.24, 2.45) is 0 Å². The Hall–Kier alpha value is -2.99. The van der Waals surface area contributed by atoms with Crippen molar-refractivity contribution < 1.29 is 9.13 Å². The number of hydrogen-bond acceptors (Lipinski definition) is 5. The highest BCUT2D eigenvalue weighted by Crippen LogP contribution is 2.38. The van der Waals surface area contributed by atoms with Crippen molar-refractivity contribution in [1.29, 1.82) is 0 Å². The van der Waals surface area contributed by atoms with E-state index in [-0.39, 0.29) is 5.82 Å². The van der Waals surface area contributed by atoms with Crippen molar-refractivity contribution in [2.45, 2.75) is 32.3 Å². The molecule has 2 heterocycles. The lowest BCUT2D eigenvalue weighted by Crippen LogP contribution is -2.01. The van der Waals surface area contributed by atoms with Gasteiger partial charge in [0, 0.05) is 10.6 Å². The van der Waals surface area contributed by atoms with Gasteiger partial charge < -0.3 is 10.1 Å². The molecule has 5 rings (SSSR count). The van der Waals surface area contributed by atoms with Crippen LogP contribution in [0.25, 0.3) is 10.2 Å². The van der Waals surface area contributed by atoms with Crippen molar-refractivity contribution in [3.63, 3.8) is 0 Å². The first-order chi connectivity index (χ1) is 14.3. The Bertz CT molecular complexity index is 1140. The third kappa shape index (κ3) is 3.80. The lowest BCUT2D eigenvalue weighted by molar-refractivity contribution is 0.306. The van der Waals surface area contributed by atoms with Gasteiger partial charge in [0.1, 0.15) is 35.1 Å². The normalized spacial score (nSPS) is 13.3. The van der Waals surface area contributed by atoms with Crippen LogP contribution >= 0.6 is 11.3 Å². The second-order valence-corrected chi connectivity index (χ2v) is 8.26. The van der Waals surface area contributed by atoms with Gasteiger partial charge in [-0.1, -0.05) is 12.1 Å². The molecule has 2 aromatic carbocycles. The van der Waals surface area contributed by atoms with Gasteiger partial charge in [0.05, 0.1) is 5.39 Å². The molecule has 4 nitrogen and oxygen atoms in total. The fraction of sp³-hybridized carbons (Fsp3) is 0.217. The monoisotopic (exact) mass is 405 g/mol. The molecule has 1 aliphatic rings. The summed E-state index contributed by atoms with van der Waals surface area (Å²) in [6.07, 6.45) is 6.37. The summed E-state index contributed by atoms with van der Waals surface area (Å²) < 4.78 is 18.8. The van der Waals surface area contributed by atoms with Gasteiger partial charge >= 0.3 is 0 Å². The van der Waals surface area contributed by atoms with Crippen LogP contribution in [0.5, 0.6) is 5.75 Å². The first-order valence-corrected chi connectivity index (χ1v) is 10.6. The molecular weight excluding hydrogens is 385 g/mol. The summed E-state index contributed by atoms with van der Waals surface area (Å²) in [5.41, 5.74) is 3.30. The summed E-state index contributed by atoms with van der Waals surface area (Å²) >= 11 is 1.80. The van der Waals surface area contributed by atoms with Gasteiger partial charge in [0.2, 0.25) is 0 Å². The van der Waals surface area contributed by atoms with E-state index in [1.807, 2.05) is 24.3 Å². The molecule has 29 heavy (non-hydrogen) atoms. The Morgan fingerprint density at radius 3 is 2.59 bits per heavy atom. The summed E-state index contributed by atoms with van der Waals surface area (Å²) in [5, 5.41) is 4.62. The minimum Gasteiger partial charge on any atom is -0.489 e. The minimum absolute atomic E-state index is 0.241. The predicted molar refractivity (Wildman–Crippen MR) is 115 cm³/mol. The van der Waals surface area contributed by atoms with E-state index in [1.54, 1.807) is 29.8 Å². The molecule has 1 N–H and O–H groups in total. The first kappa shape index (κ1) is 18.1. The van der Waals surface area contributed by atoms with Crippen LogP contribution in [0.1, 0.15) is 28.8 Å². The average molecular weight is 405 g/mol. The van der Waals surface area contributed by atoms with Gasteiger partial charge in [-0.2, -0.15) is 0 Å². The average Bonchev–Trinajstić information content (AvgIpc) is 3.14. The molecule has 0 fully saturated rings. The molecule has 146 valence electrons. The Balaban J connectivity index is 1.32. The summed E-state index contributed by atoms with van der Waals surface area (Å²) in [6.45, 7) is 0.403. The van der Waals surface area contributed by atoms with Crippen molar-refractivity contribution in [1.82, 2.24) is 9.97 Å². The Morgan fingerprint density at radius 1 is 0.966 bits per heavy atom. The highest BCUT2D eigenvalue weighted by molar-refractivity contribution is 7.19. The van der Waals surface area contributed by atoms with Crippen LogP contribution in [0, 0.1) is 5.82 Å². The zero-order valence-electron chi connectivity index (χ0n) is 15.8. The fourth-order valence-electron chi connectivity index (χ4n) is 3.70. The third-order valence-corrected chi connectivity index (χ3v) is 6.39. The van der Waals surface area contributed by atoms with Crippen LogP contribution in [-0.2, 0) is 19.4 Å². The quantitative estimate of drug-likeness (QED) is 0.440. The number of thiophene rings is 1. The van der Waals surface area contributed by atoms with E-state index in [0.29, 0.717) is 6.61 Å². The molecule has 4 aromatic rings. The van der Waals surface area contributed by atoms with Crippen LogP contribution in [-0.4, -0.2) is 9.97 Å². The molecule has 0 radical (unpaired) electrons. The molecule has 0 amide bonds. The van der Waals surface area contributed by atoms with Crippen molar-refractivity contribution in [3.8, 4) is 5.75 Å². The topological polar surface area (TPSA) is 47.0 Å². The van der Waals surface area contributed by atoms with E-state index in [9.17, 15) is 4.39 Å². The summed E-state index contributed by atoms with van der Waals surface area (Å²) in [6, 6.07) is 14.1. The van der Waals surface area contributed by atoms with Crippen LogP contribution in [0.4, 0.5) is 15.9 Å². The third-order valence-electron chi connectivity index (χ3n) is 5.19. The highest BCUT2D eigenvalue weighted by Gasteiger charge is 2.19. The lowest BCUT2D eigenvalue weighted by atomic mass is 9.97. The molecule has 2 aromatic heterocycles. The molecule has 0 bridgehead atoms. The summed E-state index contributed by atoms with van der Waals surface area (Å²) in [4.78, 5) is 11.5. The lowest BCUT2D eigenvalue weighted by Gasteiger charge is -2.13. The maximum Gasteiger partial charge on any atom is 0.142 e. The van der Waals surface area contributed by atoms with Crippen LogP contribution in [0.2, 0.25) is 0 Å².